The van der Waals surface area contributed by atoms with Gasteiger partial charge in [-0.25, -0.2) is 0 Å². The lowest BCUT2D eigenvalue weighted by atomic mass is 9.96. The van der Waals surface area contributed by atoms with Crippen molar-refractivity contribution in [2.75, 3.05) is 20.8 Å². The van der Waals surface area contributed by atoms with E-state index in [1.165, 1.54) is 0 Å². The first-order valence-corrected chi connectivity index (χ1v) is 3.70. The number of hydrogen-bond acceptors (Lipinski definition) is 3. The molecule has 1 aliphatic heterocycles. The van der Waals surface area contributed by atoms with Crippen molar-refractivity contribution >= 4 is 7.85 Å². The highest BCUT2D eigenvalue weighted by atomic mass is 16.6. The van der Waals surface area contributed by atoms with Crippen LogP contribution in [0.4, 0.5) is 0 Å². The molecule has 1 fully saturated rings. The van der Waals surface area contributed by atoms with Crippen molar-refractivity contribution in [2.45, 2.75) is 24.6 Å². The maximum absolute atomic E-state index is 5.56. The fraction of sp³-hybridized carbons (Fsp3) is 1.00. The van der Waals surface area contributed by atoms with Crippen LogP contribution < -0.4 is 0 Å². The van der Waals surface area contributed by atoms with Crippen LogP contribution in [0.15, 0.2) is 0 Å². The fourth-order valence-corrected chi connectivity index (χ4v) is 1.31. The summed E-state index contributed by atoms with van der Waals surface area (Å²) in [6, 6.07) is -0.194. The van der Waals surface area contributed by atoms with Gasteiger partial charge in [0, 0.05) is 20.2 Å². The number of hydrogen-bond donors (Lipinski definition) is 0. The lowest BCUT2D eigenvalue weighted by molar-refractivity contribution is -0.0315. The van der Waals surface area contributed by atoms with E-state index in [4.69, 9.17) is 22.1 Å². The standard InChI is InChI=1S/C7H13BO3/c1-9-4-6-5(10-2)3-7(8)11-6/h5-7H,3-4H2,1-2H3. The van der Waals surface area contributed by atoms with E-state index in [9.17, 15) is 0 Å². The molecule has 1 aliphatic rings. The summed E-state index contributed by atoms with van der Waals surface area (Å²) in [6.45, 7) is 0.548. The van der Waals surface area contributed by atoms with Crippen LogP contribution in [0.3, 0.4) is 0 Å². The van der Waals surface area contributed by atoms with E-state index in [1.807, 2.05) is 0 Å². The first kappa shape index (κ1) is 9.04. The van der Waals surface area contributed by atoms with E-state index in [1.54, 1.807) is 14.2 Å². The highest BCUT2D eigenvalue weighted by molar-refractivity contribution is 6.11. The Morgan fingerprint density at radius 1 is 1.55 bits per heavy atom. The van der Waals surface area contributed by atoms with Gasteiger partial charge in [-0.15, -0.1) is 0 Å². The Balaban J connectivity index is 2.37. The molecule has 0 aromatic heterocycles. The molecule has 0 spiro atoms. The molecular weight excluding hydrogens is 143 g/mol. The van der Waals surface area contributed by atoms with E-state index in [2.05, 4.69) is 0 Å². The van der Waals surface area contributed by atoms with Crippen molar-refractivity contribution in [2.24, 2.45) is 0 Å². The molecule has 1 saturated heterocycles. The molecule has 3 unspecified atom stereocenters. The van der Waals surface area contributed by atoms with Gasteiger partial charge < -0.3 is 14.2 Å². The topological polar surface area (TPSA) is 27.7 Å². The number of rotatable bonds is 3. The summed E-state index contributed by atoms with van der Waals surface area (Å²) in [5.74, 6) is 0. The second-order valence-electron chi connectivity index (χ2n) is 2.68. The van der Waals surface area contributed by atoms with Crippen LogP contribution >= 0.6 is 0 Å². The lowest BCUT2D eigenvalue weighted by Gasteiger charge is -2.15. The van der Waals surface area contributed by atoms with Gasteiger partial charge in [0.05, 0.1) is 12.7 Å². The Bertz CT molecular complexity index is 120. The Kier molecular flexibility index (Phi) is 3.36. The van der Waals surface area contributed by atoms with Crippen molar-refractivity contribution in [3.63, 3.8) is 0 Å². The quantitative estimate of drug-likeness (QED) is 0.535. The third kappa shape index (κ3) is 2.19. The highest BCUT2D eigenvalue weighted by Gasteiger charge is 2.32. The maximum atomic E-state index is 5.56. The smallest absolute Gasteiger partial charge is 0.109 e. The average Bonchev–Trinajstić information content (AvgIpc) is 2.32. The molecule has 4 heteroatoms. The summed E-state index contributed by atoms with van der Waals surface area (Å²) in [4.78, 5) is 0. The summed E-state index contributed by atoms with van der Waals surface area (Å²) in [6.07, 6.45) is 0.842. The van der Waals surface area contributed by atoms with Crippen molar-refractivity contribution in [1.82, 2.24) is 0 Å². The van der Waals surface area contributed by atoms with E-state index >= 15 is 0 Å². The third-order valence-corrected chi connectivity index (χ3v) is 1.86. The minimum Gasteiger partial charge on any atom is -0.382 e. The number of ether oxygens (including phenoxy) is 3. The Morgan fingerprint density at radius 3 is 2.82 bits per heavy atom. The largest absolute Gasteiger partial charge is 0.382 e. The zero-order valence-electron chi connectivity index (χ0n) is 6.95. The second kappa shape index (κ2) is 4.09. The first-order valence-electron chi connectivity index (χ1n) is 3.70. The summed E-state index contributed by atoms with van der Waals surface area (Å²) < 4.78 is 15.4. The van der Waals surface area contributed by atoms with Crippen molar-refractivity contribution < 1.29 is 14.2 Å². The minimum atomic E-state index is -0.194. The normalized spacial score (nSPS) is 37.8. The van der Waals surface area contributed by atoms with Gasteiger partial charge in [-0.05, 0) is 6.42 Å². The average molecular weight is 156 g/mol. The van der Waals surface area contributed by atoms with E-state index < -0.39 is 0 Å². The predicted molar refractivity (Wildman–Crippen MR) is 41.7 cm³/mol. The summed E-state index contributed by atoms with van der Waals surface area (Å²) in [5.41, 5.74) is 0. The second-order valence-corrected chi connectivity index (χ2v) is 2.68. The summed E-state index contributed by atoms with van der Waals surface area (Å²) in [7, 11) is 8.86. The highest BCUT2D eigenvalue weighted by Crippen LogP contribution is 2.20. The van der Waals surface area contributed by atoms with Crippen LogP contribution in [-0.2, 0) is 14.2 Å². The molecule has 3 atom stereocenters. The van der Waals surface area contributed by atoms with Gasteiger partial charge in [0.2, 0.25) is 0 Å². The van der Waals surface area contributed by atoms with E-state index in [0.717, 1.165) is 6.42 Å². The summed E-state index contributed by atoms with van der Waals surface area (Å²) in [5, 5.41) is 0. The monoisotopic (exact) mass is 156 g/mol. The Labute approximate surface area is 68.4 Å². The first-order chi connectivity index (χ1) is 5.27. The molecule has 0 aromatic rings. The van der Waals surface area contributed by atoms with Crippen LogP contribution in [0.1, 0.15) is 6.42 Å². The molecule has 3 nitrogen and oxygen atoms in total. The van der Waals surface area contributed by atoms with Crippen LogP contribution in [0.2, 0.25) is 0 Å². The molecule has 0 bridgehead atoms. The van der Waals surface area contributed by atoms with Crippen LogP contribution in [-0.4, -0.2) is 46.9 Å². The van der Waals surface area contributed by atoms with E-state index in [0.29, 0.717) is 6.61 Å². The molecular formula is C7H13BO3. The molecule has 0 N–H and O–H groups in total. The van der Waals surface area contributed by atoms with E-state index in [-0.39, 0.29) is 18.2 Å². The van der Waals surface area contributed by atoms with Gasteiger partial charge in [0.15, 0.2) is 0 Å². The molecule has 0 aromatic carbocycles. The lowest BCUT2D eigenvalue weighted by Crippen LogP contribution is -2.27. The summed E-state index contributed by atoms with van der Waals surface area (Å²) >= 11 is 0. The zero-order chi connectivity index (χ0) is 8.27. The van der Waals surface area contributed by atoms with Gasteiger partial charge in [-0.2, -0.15) is 0 Å². The molecule has 1 rings (SSSR count). The van der Waals surface area contributed by atoms with Gasteiger partial charge in [-0.3, -0.25) is 0 Å². The third-order valence-electron chi connectivity index (χ3n) is 1.86. The van der Waals surface area contributed by atoms with Crippen LogP contribution in [0.25, 0.3) is 0 Å². The number of methoxy groups -OCH3 is 2. The Hall–Kier alpha value is -0.0551. The van der Waals surface area contributed by atoms with Gasteiger partial charge in [0.25, 0.3) is 0 Å². The minimum absolute atomic E-state index is 0.000000000000000222. The maximum Gasteiger partial charge on any atom is 0.109 e. The molecule has 11 heavy (non-hydrogen) atoms. The molecule has 0 aliphatic carbocycles. The van der Waals surface area contributed by atoms with Gasteiger partial charge in [-0.1, -0.05) is 0 Å². The molecule has 0 amide bonds. The SMILES string of the molecule is [B]C1CC(OC)C(COC)O1. The molecule has 0 saturated carbocycles. The molecule has 62 valence electrons. The van der Waals surface area contributed by atoms with Gasteiger partial charge in [0.1, 0.15) is 14.0 Å². The van der Waals surface area contributed by atoms with Crippen LogP contribution in [0, 0.1) is 0 Å². The fourth-order valence-electron chi connectivity index (χ4n) is 1.31. The van der Waals surface area contributed by atoms with Crippen molar-refractivity contribution in [3.05, 3.63) is 0 Å². The van der Waals surface area contributed by atoms with Gasteiger partial charge >= 0.3 is 0 Å². The van der Waals surface area contributed by atoms with Crippen LogP contribution in [0.5, 0.6) is 0 Å². The predicted octanol–water partition coefficient (Wildman–Crippen LogP) is -0.0687. The Morgan fingerprint density at radius 2 is 2.27 bits per heavy atom. The zero-order valence-corrected chi connectivity index (χ0v) is 6.95. The molecule has 1 heterocycles. The molecule has 2 radical (unpaired) electrons. The van der Waals surface area contributed by atoms with Crippen molar-refractivity contribution in [1.29, 1.82) is 0 Å². The van der Waals surface area contributed by atoms with Crippen molar-refractivity contribution in [3.8, 4) is 0 Å².